The normalized spacial score (nSPS) is 13.7. The first-order chi connectivity index (χ1) is 13.1. The van der Waals surface area contributed by atoms with Gasteiger partial charge in [0.2, 0.25) is 0 Å². The van der Waals surface area contributed by atoms with E-state index in [4.69, 9.17) is 5.11 Å². The Bertz CT molecular complexity index is 1080. The summed E-state index contributed by atoms with van der Waals surface area (Å²) in [6.45, 7) is 2.09. The molecule has 140 valence electrons. The van der Waals surface area contributed by atoms with E-state index in [0.717, 1.165) is 28.8 Å². The van der Waals surface area contributed by atoms with Gasteiger partial charge < -0.3 is 5.11 Å². The Balaban J connectivity index is 1.86. The lowest BCUT2D eigenvalue weighted by Gasteiger charge is -2.16. The van der Waals surface area contributed by atoms with Gasteiger partial charge in [-0.05, 0) is 42.4 Å². The molecule has 6 heteroatoms. The molecule has 27 heavy (non-hydrogen) atoms. The van der Waals surface area contributed by atoms with Crippen LogP contribution in [0.5, 0.6) is 0 Å². The number of hydrogen-bond donors (Lipinski definition) is 1. The summed E-state index contributed by atoms with van der Waals surface area (Å²) in [6.07, 6.45) is 5.18. The summed E-state index contributed by atoms with van der Waals surface area (Å²) in [5, 5.41) is 11.6. The molecule has 0 fully saturated rings. The summed E-state index contributed by atoms with van der Waals surface area (Å²) >= 11 is 1.48. The second-order valence-corrected chi connectivity index (χ2v) is 7.86. The Labute approximate surface area is 161 Å². The van der Waals surface area contributed by atoms with Gasteiger partial charge in [-0.15, -0.1) is 11.3 Å². The van der Waals surface area contributed by atoms with Crippen molar-refractivity contribution in [3.05, 3.63) is 50.9 Å². The Morgan fingerprint density at radius 2 is 2.04 bits per heavy atom. The van der Waals surface area contributed by atoms with Crippen molar-refractivity contribution in [1.29, 1.82) is 0 Å². The molecule has 0 aliphatic heterocycles. The van der Waals surface area contributed by atoms with Crippen LogP contribution in [0.2, 0.25) is 0 Å². The summed E-state index contributed by atoms with van der Waals surface area (Å²) in [5.74, 6) is -0.267. The third-order valence-corrected chi connectivity index (χ3v) is 6.17. The third-order valence-electron chi connectivity index (χ3n) is 5.30. The number of hydrogen-bond acceptors (Lipinski definition) is 4. The molecule has 5 nitrogen and oxygen atoms in total. The molecule has 0 bridgehead atoms. The first-order valence-electron chi connectivity index (χ1n) is 9.43. The highest BCUT2D eigenvalue weighted by atomic mass is 32.1. The number of thiophene rings is 1. The number of nitrogens with zero attached hydrogens (tertiary/aromatic N) is 2. The van der Waals surface area contributed by atoms with E-state index in [2.05, 4.69) is 23.2 Å². The van der Waals surface area contributed by atoms with E-state index in [-0.39, 0.29) is 18.5 Å². The zero-order valence-electron chi connectivity index (χ0n) is 15.3. The van der Waals surface area contributed by atoms with E-state index in [1.807, 2.05) is 12.3 Å². The fourth-order valence-electron chi connectivity index (χ4n) is 3.89. The molecular formula is C21H22N2O3S. The standard InChI is InChI=1S/C21H22N2O3S/c1-2-17-22-20-19(21(26)23(17)10-9-18(24)25)16(12-27-20)15-8-7-13-5-3-4-6-14(13)11-15/h7-8,11-12H,2-6,9-10H2,1H3,(H,24,25). The van der Waals surface area contributed by atoms with Gasteiger partial charge >= 0.3 is 5.97 Å². The second kappa shape index (κ2) is 7.27. The maximum absolute atomic E-state index is 13.2. The summed E-state index contributed by atoms with van der Waals surface area (Å²) < 4.78 is 1.53. The second-order valence-electron chi connectivity index (χ2n) is 7.00. The number of carboxylic acid groups (broad SMARTS) is 1. The predicted molar refractivity (Wildman–Crippen MR) is 108 cm³/mol. The molecule has 0 saturated carbocycles. The fraction of sp³-hybridized carbons (Fsp3) is 0.381. The van der Waals surface area contributed by atoms with Gasteiger partial charge in [0.15, 0.2) is 0 Å². The molecule has 1 aliphatic carbocycles. The lowest BCUT2D eigenvalue weighted by molar-refractivity contribution is -0.137. The Hall–Kier alpha value is -2.47. The van der Waals surface area contributed by atoms with Crippen LogP contribution >= 0.6 is 11.3 Å². The van der Waals surface area contributed by atoms with Crippen LogP contribution in [0.1, 0.15) is 43.1 Å². The molecule has 0 unspecified atom stereocenters. The van der Waals surface area contributed by atoms with Crippen molar-refractivity contribution in [2.24, 2.45) is 0 Å². The Kier molecular flexibility index (Phi) is 4.83. The summed E-state index contributed by atoms with van der Waals surface area (Å²) in [4.78, 5) is 29.6. The fourth-order valence-corrected chi connectivity index (χ4v) is 4.84. The molecule has 0 amide bonds. The number of aliphatic carboxylic acids is 1. The molecule has 0 atom stereocenters. The van der Waals surface area contributed by atoms with Gasteiger partial charge in [0.1, 0.15) is 10.7 Å². The van der Waals surface area contributed by atoms with Gasteiger partial charge in [0.25, 0.3) is 5.56 Å². The molecule has 2 aromatic heterocycles. The van der Waals surface area contributed by atoms with E-state index in [1.54, 1.807) is 0 Å². The lowest BCUT2D eigenvalue weighted by Crippen LogP contribution is -2.26. The average molecular weight is 382 g/mol. The van der Waals surface area contributed by atoms with Crippen LogP contribution in [0.15, 0.2) is 28.4 Å². The van der Waals surface area contributed by atoms with Crippen LogP contribution in [-0.2, 0) is 30.6 Å². The number of fused-ring (bicyclic) bond motifs is 2. The van der Waals surface area contributed by atoms with Gasteiger partial charge in [-0.25, -0.2) is 4.98 Å². The molecular weight excluding hydrogens is 360 g/mol. The molecule has 2 heterocycles. The first kappa shape index (κ1) is 17.9. The van der Waals surface area contributed by atoms with Crippen molar-refractivity contribution < 1.29 is 9.90 Å². The monoisotopic (exact) mass is 382 g/mol. The van der Waals surface area contributed by atoms with Gasteiger partial charge in [-0.2, -0.15) is 0 Å². The number of rotatable bonds is 5. The van der Waals surface area contributed by atoms with E-state index >= 15 is 0 Å². The van der Waals surface area contributed by atoms with Crippen LogP contribution in [0, 0.1) is 0 Å². The van der Waals surface area contributed by atoms with Crippen molar-refractivity contribution >= 4 is 27.5 Å². The van der Waals surface area contributed by atoms with Gasteiger partial charge in [0.05, 0.1) is 11.8 Å². The minimum atomic E-state index is -0.913. The number of benzene rings is 1. The maximum atomic E-state index is 13.2. The van der Waals surface area contributed by atoms with Gasteiger partial charge in [-0.1, -0.05) is 25.1 Å². The van der Waals surface area contributed by atoms with Gasteiger partial charge in [-0.3, -0.25) is 14.2 Å². The van der Waals surface area contributed by atoms with Crippen LogP contribution in [-0.4, -0.2) is 20.6 Å². The van der Waals surface area contributed by atoms with E-state index < -0.39 is 5.97 Å². The highest BCUT2D eigenvalue weighted by Gasteiger charge is 2.18. The largest absolute Gasteiger partial charge is 0.481 e. The molecule has 0 saturated heterocycles. The van der Waals surface area contributed by atoms with Crippen LogP contribution in [0.3, 0.4) is 0 Å². The SMILES string of the molecule is CCc1nc2scc(-c3ccc4c(c3)CCCC4)c2c(=O)n1CCC(=O)O. The van der Waals surface area contributed by atoms with Crippen LogP contribution < -0.4 is 5.56 Å². The van der Waals surface area contributed by atoms with E-state index in [0.29, 0.717) is 17.6 Å². The first-order valence-corrected chi connectivity index (χ1v) is 10.3. The quantitative estimate of drug-likeness (QED) is 0.723. The van der Waals surface area contributed by atoms with Crippen molar-refractivity contribution in [1.82, 2.24) is 9.55 Å². The smallest absolute Gasteiger partial charge is 0.305 e. The third kappa shape index (κ3) is 3.30. The summed E-state index contributed by atoms with van der Waals surface area (Å²) in [5.41, 5.74) is 4.62. The number of aryl methyl sites for hydroxylation is 3. The highest BCUT2D eigenvalue weighted by molar-refractivity contribution is 7.17. The maximum Gasteiger partial charge on any atom is 0.305 e. The average Bonchev–Trinajstić information content (AvgIpc) is 3.10. The molecule has 0 radical (unpaired) electrons. The van der Waals surface area contributed by atoms with Crippen molar-refractivity contribution in [2.45, 2.75) is 52.0 Å². The van der Waals surface area contributed by atoms with Crippen LogP contribution in [0.4, 0.5) is 0 Å². The van der Waals surface area contributed by atoms with E-state index in [1.165, 1.54) is 39.9 Å². The zero-order valence-corrected chi connectivity index (χ0v) is 16.1. The molecule has 4 rings (SSSR count). The number of aromatic nitrogens is 2. The Morgan fingerprint density at radius 3 is 2.78 bits per heavy atom. The zero-order chi connectivity index (χ0) is 19.0. The molecule has 1 aromatic carbocycles. The van der Waals surface area contributed by atoms with E-state index in [9.17, 15) is 9.59 Å². The van der Waals surface area contributed by atoms with Crippen molar-refractivity contribution in [2.75, 3.05) is 0 Å². The lowest BCUT2D eigenvalue weighted by atomic mass is 9.89. The minimum Gasteiger partial charge on any atom is -0.481 e. The van der Waals surface area contributed by atoms with Crippen LogP contribution in [0.25, 0.3) is 21.3 Å². The topological polar surface area (TPSA) is 72.2 Å². The number of carboxylic acids is 1. The molecule has 1 aliphatic rings. The molecule has 3 aromatic rings. The molecule has 1 N–H and O–H groups in total. The summed E-state index contributed by atoms with van der Waals surface area (Å²) in [6, 6.07) is 6.50. The van der Waals surface area contributed by atoms with Crippen molar-refractivity contribution in [3.8, 4) is 11.1 Å². The Morgan fingerprint density at radius 1 is 1.26 bits per heavy atom. The summed E-state index contributed by atoms with van der Waals surface area (Å²) in [7, 11) is 0. The van der Waals surface area contributed by atoms with Gasteiger partial charge in [0, 0.05) is 23.9 Å². The highest BCUT2D eigenvalue weighted by Crippen LogP contribution is 2.33. The van der Waals surface area contributed by atoms with Crippen molar-refractivity contribution in [3.63, 3.8) is 0 Å². The molecule has 0 spiro atoms. The predicted octanol–water partition coefficient (Wildman–Crippen LogP) is 4.04. The number of carbonyl (C=O) groups is 1. The minimum absolute atomic E-state index is 0.0849.